The molecule has 0 unspecified atom stereocenters. The minimum atomic E-state index is -0.358. The first kappa shape index (κ1) is 13.3. The summed E-state index contributed by atoms with van der Waals surface area (Å²) in [4.78, 5) is 11.6. The van der Waals surface area contributed by atoms with Crippen molar-refractivity contribution in [2.45, 2.75) is 20.0 Å². The molecule has 0 atom stereocenters. The maximum atomic E-state index is 11.6. The van der Waals surface area contributed by atoms with Crippen molar-refractivity contribution >= 4 is 5.91 Å². The smallest absolute Gasteiger partial charge is 0.251 e. The molecule has 1 aromatic rings. The van der Waals surface area contributed by atoms with Gasteiger partial charge in [-0.25, -0.2) is 0 Å². The van der Waals surface area contributed by atoms with Crippen molar-refractivity contribution in [1.82, 2.24) is 5.32 Å². The number of aromatic hydroxyl groups is 2. The van der Waals surface area contributed by atoms with E-state index in [1.807, 2.05) is 13.8 Å². The zero-order valence-corrected chi connectivity index (χ0v) is 9.93. The number of rotatable bonds is 5. The molecular weight excluding hydrogens is 222 g/mol. The molecule has 0 saturated heterocycles. The van der Waals surface area contributed by atoms with Crippen LogP contribution in [0, 0.1) is 0 Å². The van der Waals surface area contributed by atoms with Gasteiger partial charge in [-0.15, -0.1) is 0 Å². The molecule has 0 aliphatic heterocycles. The Morgan fingerprint density at radius 3 is 2.41 bits per heavy atom. The van der Waals surface area contributed by atoms with Gasteiger partial charge in [-0.2, -0.15) is 0 Å². The normalized spacial score (nSPS) is 10.5. The first-order chi connectivity index (χ1) is 7.99. The van der Waals surface area contributed by atoms with Crippen LogP contribution in [0.3, 0.4) is 0 Å². The summed E-state index contributed by atoms with van der Waals surface area (Å²) < 4.78 is 5.26. The van der Waals surface area contributed by atoms with Crippen LogP contribution in [0.5, 0.6) is 11.5 Å². The van der Waals surface area contributed by atoms with Crippen molar-refractivity contribution in [2.75, 3.05) is 13.2 Å². The van der Waals surface area contributed by atoms with Crippen LogP contribution < -0.4 is 5.32 Å². The highest BCUT2D eigenvalue weighted by Crippen LogP contribution is 2.20. The minimum absolute atomic E-state index is 0.122. The van der Waals surface area contributed by atoms with Gasteiger partial charge in [0.2, 0.25) is 0 Å². The number of phenolic OH excluding ortho intramolecular Hbond substituents is 2. The predicted molar refractivity (Wildman–Crippen MR) is 63.2 cm³/mol. The van der Waals surface area contributed by atoms with Crippen molar-refractivity contribution in [3.05, 3.63) is 23.8 Å². The maximum Gasteiger partial charge on any atom is 0.251 e. The molecule has 0 radical (unpaired) electrons. The van der Waals surface area contributed by atoms with Crippen LogP contribution in [0.4, 0.5) is 0 Å². The number of nitrogens with one attached hydrogen (secondary N) is 1. The average molecular weight is 239 g/mol. The van der Waals surface area contributed by atoms with Crippen LogP contribution in [-0.4, -0.2) is 35.4 Å². The topological polar surface area (TPSA) is 78.8 Å². The SMILES string of the molecule is CC(C)OCCNC(=O)c1cc(O)cc(O)c1. The molecule has 0 bridgehead atoms. The van der Waals surface area contributed by atoms with Crippen LogP contribution in [0.2, 0.25) is 0 Å². The molecule has 94 valence electrons. The number of amides is 1. The van der Waals surface area contributed by atoms with E-state index in [9.17, 15) is 15.0 Å². The molecule has 5 nitrogen and oxygen atoms in total. The first-order valence-corrected chi connectivity index (χ1v) is 5.42. The third-order valence-corrected chi connectivity index (χ3v) is 2.00. The second kappa shape index (κ2) is 6.10. The highest BCUT2D eigenvalue weighted by Gasteiger charge is 2.07. The largest absolute Gasteiger partial charge is 0.508 e. The van der Waals surface area contributed by atoms with E-state index in [-0.39, 0.29) is 29.1 Å². The summed E-state index contributed by atoms with van der Waals surface area (Å²) in [6, 6.07) is 3.75. The van der Waals surface area contributed by atoms with Gasteiger partial charge in [-0.05, 0) is 26.0 Å². The lowest BCUT2D eigenvalue weighted by Gasteiger charge is -2.09. The number of hydrogen-bond donors (Lipinski definition) is 3. The Labute approximate surface area is 100 Å². The molecule has 0 aliphatic carbocycles. The standard InChI is InChI=1S/C12H17NO4/c1-8(2)17-4-3-13-12(16)9-5-10(14)7-11(15)6-9/h5-8,14-15H,3-4H2,1-2H3,(H,13,16). The fraction of sp³-hybridized carbons (Fsp3) is 0.417. The number of hydrogen-bond acceptors (Lipinski definition) is 4. The number of carbonyl (C=O) groups excluding carboxylic acids is 1. The molecule has 5 heteroatoms. The van der Waals surface area contributed by atoms with Gasteiger partial charge in [0.15, 0.2) is 0 Å². The van der Waals surface area contributed by atoms with Crippen LogP contribution in [0.25, 0.3) is 0 Å². The molecule has 0 aromatic heterocycles. The highest BCUT2D eigenvalue weighted by molar-refractivity contribution is 5.95. The molecule has 0 aliphatic rings. The predicted octanol–water partition coefficient (Wildman–Crippen LogP) is 1.25. The van der Waals surface area contributed by atoms with E-state index >= 15 is 0 Å². The molecule has 3 N–H and O–H groups in total. The quantitative estimate of drug-likeness (QED) is 0.676. The van der Waals surface area contributed by atoms with E-state index in [0.717, 1.165) is 0 Å². The van der Waals surface area contributed by atoms with Gasteiger partial charge < -0.3 is 20.3 Å². The van der Waals surface area contributed by atoms with Crippen molar-refractivity contribution in [2.24, 2.45) is 0 Å². The highest BCUT2D eigenvalue weighted by atomic mass is 16.5. The van der Waals surface area contributed by atoms with Crippen LogP contribution in [0.1, 0.15) is 24.2 Å². The molecule has 17 heavy (non-hydrogen) atoms. The Morgan fingerprint density at radius 1 is 1.29 bits per heavy atom. The van der Waals surface area contributed by atoms with Gasteiger partial charge in [0.1, 0.15) is 11.5 Å². The summed E-state index contributed by atoms with van der Waals surface area (Å²) in [6.07, 6.45) is 0.122. The van der Waals surface area contributed by atoms with Gasteiger partial charge in [0.25, 0.3) is 5.91 Å². The lowest BCUT2D eigenvalue weighted by atomic mass is 10.2. The zero-order valence-electron chi connectivity index (χ0n) is 9.93. The van der Waals surface area contributed by atoms with Crippen molar-refractivity contribution in [1.29, 1.82) is 0 Å². The molecule has 0 saturated carbocycles. The summed E-state index contributed by atoms with van der Waals surface area (Å²) in [5, 5.41) is 21.1. The van der Waals surface area contributed by atoms with E-state index in [4.69, 9.17) is 4.74 Å². The Kier molecular flexibility index (Phi) is 4.78. The van der Waals surface area contributed by atoms with Crippen LogP contribution in [0.15, 0.2) is 18.2 Å². The number of carbonyl (C=O) groups is 1. The Balaban J connectivity index is 2.47. The number of ether oxygens (including phenoxy) is 1. The summed E-state index contributed by atoms with van der Waals surface area (Å²) in [6.45, 7) is 4.63. The molecular formula is C12H17NO4. The summed E-state index contributed by atoms with van der Waals surface area (Å²) >= 11 is 0. The third-order valence-electron chi connectivity index (χ3n) is 2.00. The van der Waals surface area contributed by atoms with Crippen molar-refractivity contribution in [3.8, 4) is 11.5 Å². The van der Waals surface area contributed by atoms with Gasteiger partial charge in [0.05, 0.1) is 12.7 Å². The van der Waals surface area contributed by atoms with Crippen LogP contribution >= 0.6 is 0 Å². The number of phenols is 2. The molecule has 0 fully saturated rings. The summed E-state index contributed by atoms with van der Waals surface area (Å²) in [5.74, 6) is -0.647. The summed E-state index contributed by atoms with van der Waals surface area (Å²) in [5.41, 5.74) is 0.215. The lowest BCUT2D eigenvalue weighted by molar-refractivity contribution is 0.0746. The zero-order chi connectivity index (χ0) is 12.8. The molecule has 1 amide bonds. The van der Waals surface area contributed by atoms with Gasteiger partial charge >= 0.3 is 0 Å². The van der Waals surface area contributed by atoms with Crippen LogP contribution in [-0.2, 0) is 4.74 Å². The molecule has 1 rings (SSSR count). The molecule has 0 spiro atoms. The minimum Gasteiger partial charge on any atom is -0.508 e. The van der Waals surface area contributed by atoms with E-state index in [1.54, 1.807) is 0 Å². The van der Waals surface area contributed by atoms with Gasteiger partial charge in [0, 0.05) is 18.2 Å². The summed E-state index contributed by atoms with van der Waals surface area (Å²) in [7, 11) is 0. The monoisotopic (exact) mass is 239 g/mol. The molecule has 1 aromatic carbocycles. The van der Waals surface area contributed by atoms with Gasteiger partial charge in [-0.1, -0.05) is 0 Å². The van der Waals surface area contributed by atoms with E-state index < -0.39 is 0 Å². The van der Waals surface area contributed by atoms with Crippen molar-refractivity contribution < 1.29 is 19.7 Å². The fourth-order valence-electron chi connectivity index (χ4n) is 1.29. The maximum absolute atomic E-state index is 11.6. The first-order valence-electron chi connectivity index (χ1n) is 5.42. The molecule has 0 heterocycles. The average Bonchev–Trinajstić information content (AvgIpc) is 2.22. The Morgan fingerprint density at radius 2 is 1.88 bits per heavy atom. The lowest BCUT2D eigenvalue weighted by Crippen LogP contribution is -2.28. The van der Waals surface area contributed by atoms with E-state index in [2.05, 4.69) is 5.32 Å². The Bertz CT molecular complexity index is 370. The third kappa shape index (κ3) is 4.74. The number of benzene rings is 1. The Hall–Kier alpha value is -1.75. The van der Waals surface area contributed by atoms with Gasteiger partial charge in [-0.3, -0.25) is 4.79 Å². The van der Waals surface area contributed by atoms with E-state index in [0.29, 0.717) is 13.2 Å². The fourth-order valence-corrected chi connectivity index (χ4v) is 1.29. The van der Waals surface area contributed by atoms with Crippen molar-refractivity contribution in [3.63, 3.8) is 0 Å². The second-order valence-electron chi connectivity index (χ2n) is 3.91. The second-order valence-corrected chi connectivity index (χ2v) is 3.91. The van der Waals surface area contributed by atoms with E-state index in [1.165, 1.54) is 18.2 Å².